The summed E-state index contributed by atoms with van der Waals surface area (Å²) < 4.78 is 4.46. The van der Waals surface area contributed by atoms with Crippen molar-refractivity contribution in [2.45, 2.75) is 79.7 Å². The SMILES string of the molecule is C=C(c1snc(CC)c1N)C(C)Nc1ccc(N(CC)CC(CC)CCCC)cc1NC(C)=O. The van der Waals surface area contributed by atoms with Gasteiger partial charge in [-0.25, -0.2) is 0 Å². The molecule has 1 aromatic heterocycles. The van der Waals surface area contributed by atoms with Gasteiger partial charge in [-0.2, -0.15) is 4.37 Å². The number of hydrogen-bond donors (Lipinski definition) is 3. The van der Waals surface area contributed by atoms with E-state index in [9.17, 15) is 4.79 Å². The number of rotatable bonds is 14. The molecule has 1 amide bonds. The minimum Gasteiger partial charge on any atom is -0.396 e. The van der Waals surface area contributed by atoms with Crippen LogP contribution in [0.3, 0.4) is 0 Å². The number of benzene rings is 1. The predicted molar refractivity (Wildman–Crippen MR) is 150 cm³/mol. The topological polar surface area (TPSA) is 83.3 Å². The van der Waals surface area contributed by atoms with Crippen LogP contribution < -0.4 is 21.3 Å². The zero-order valence-electron chi connectivity index (χ0n) is 21.8. The molecule has 0 fully saturated rings. The summed E-state index contributed by atoms with van der Waals surface area (Å²) in [7, 11) is 0. The van der Waals surface area contributed by atoms with Gasteiger partial charge in [0.15, 0.2) is 0 Å². The summed E-state index contributed by atoms with van der Waals surface area (Å²) in [5, 5.41) is 6.53. The van der Waals surface area contributed by atoms with E-state index in [0.29, 0.717) is 5.92 Å². The number of hydrogen-bond acceptors (Lipinski definition) is 6. The van der Waals surface area contributed by atoms with Gasteiger partial charge < -0.3 is 21.3 Å². The maximum absolute atomic E-state index is 12.0. The first kappa shape index (κ1) is 27.7. The molecule has 188 valence electrons. The minimum absolute atomic E-state index is 0.0772. The van der Waals surface area contributed by atoms with Gasteiger partial charge in [0.2, 0.25) is 5.91 Å². The van der Waals surface area contributed by atoms with E-state index < -0.39 is 0 Å². The number of amides is 1. The van der Waals surface area contributed by atoms with Gasteiger partial charge in [0.05, 0.1) is 27.6 Å². The summed E-state index contributed by atoms with van der Waals surface area (Å²) in [6.07, 6.45) is 5.72. The molecular weight excluding hydrogens is 442 g/mol. The molecule has 34 heavy (non-hydrogen) atoms. The van der Waals surface area contributed by atoms with E-state index in [1.807, 2.05) is 13.0 Å². The molecule has 4 N–H and O–H groups in total. The molecule has 0 saturated heterocycles. The second-order valence-corrected chi connectivity index (χ2v) is 9.76. The zero-order valence-corrected chi connectivity index (χ0v) is 22.6. The van der Waals surface area contributed by atoms with Gasteiger partial charge in [-0.3, -0.25) is 4.79 Å². The average Bonchev–Trinajstić information content (AvgIpc) is 3.19. The van der Waals surface area contributed by atoms with Crippen LogP contribution >= 0.6 is 11.5 Å². The Hall–Kier alpha value is -2.54. The fourth-order valence-corrected chi connectivity index (χ4v) is 5.07. The molecule has 1 heterocycles. The minimum atomic E-state index is -0.0941. The third-order valence-corrected chi connectivity index (χ3v) is 7.38. The third kappa shape index (κ3) is 7.23. The number of carbonyl (C=O) groups is 1. The number of carbonyl (C=O) groups excluding carboxylic acids is 1. The van der Waals surface area contributed by atoms with Gasteiger partial charge in [0.25, 0.3) is 0 Å². The number of aryl methyl sites for hydroxylation is 1. The van der Waals surface area contributed by atoms with Crippen molar-refractivity contribution in [3.63, 3.8) is 0 Å². The molecule has 0 aliphatic heterocycles. The number of nitrogens with zero attached hydrogens (tertiary/aromatic N) is 2. The molecule has 6 nitrogen and oxygen atoms in total. The molecule has 7 heteroatoms. The summed E-state index contributed by atoms with van der Waals surface area (Å²) in [6.45, 7) is 18.6. The standard InChI is InChI=1S/C27H43N5OS/c1-8-12-13-21(9-2)17-32(11-4)22-14-15-24(25(16-22)30-20(7)33)29-19(6)18(5)27-26(28)23(10-3)31-34-27/h14-16,19,21,29H,5,8-13,17,28H2,1-4,6-7H3,(H,30,33). The van der Waals surface area contributed by atoms with Gasteiger partial charge in [-0.15, -0.1) is 0 Å². The van der Waals surface area contributed by atoms with Crippen LogP contribution in [0.25, 0.3) is 5.57 Å². The lowest BCUT2D eigenvalue weighted by Gasteiger charge is -2.29. The van der Waals surface area contributed by atoms with Crippen LogP contribution in [-0.4, -0.2) is 29.4 Å². The van der Waals surface area contributed by atoms with E-state index in [1.165, 1.54) is 37.2 Å². The summed E-state index contributed by atoms with van der Waals surface area (Å²) in [5.41, 5.74) is 11.6. The summed E-state index contributed by atoms with van der Waals surface area (Å²) in [4.78, 5) is 15.3. The lowest BCUT2D eigenvalue weighted by molar-refractivity contribution is -0.114. The van der Waals surface area contributed by atoms with Crippen LogP contribution in [0, 0.1) is 5.92 Å². The molecule has 0 saturated carbocycles. The molecule has 2 unspecified atom stereocenters. The quantitative estimate of drug-likeness (QED) is 0.274. The van der Waals surface area contributed by atoms with Gasteiger partial charge in [-0.1, -0.05) is 46.6 Å². The first-order valence-corrected chi connectivity index (χ1v) is 13.4. The van der Waals surface area contributed by atoms with Gasteiger partial charge in [0.1, 0.15) is 0 Å². The number of aromatic nitrogens is 1. The highest BCUT2D eigenvalue weighted by atomic mass is 32.1. The van der Waals surface area contributed by atoms with E-state index in [0.717, 1.165) is 58.4 Å². The normalized spacial score (nSPS) is 12.8. The van der Waals surface area contributed by atoms with Crippen molar-refractivity contribution in [3.8, 4) is 0 Å². The summed E-state index contributed by atoms with van der Waals surface area (Å²) in [5.74, 6) is 0.575. The first-order valence-electron chi connectivity index (χ1n) is 12.6. The van der Waals surface area contributed by atoms with Crippen LogP contribution in [0.2, 0.25) is 0 Å². The fraction of sp³-hybridized carbons (Fsp3) is 0.556. The third-order valence-electron chi connectivity index (χ3n) is 6.41. The van der Waals surface area contributed by atoms with Gasteiger partial charge >= 0.3 is 0 Å². The maximum atomic E-state index is 12.0. The number of anilines is 4. The van der Waals surface area contributed by atoms with Crippen molar-refractivity contribution in [3.05, 3.63) is 35.3 Å². The Balaban J connectivity index is 2.26. The highest BCUT2D eigenvalue weighted by Crippen LogP contribution is 2.34. The number of unbranched alkanes of at least 4 members (excludes halogenated alkanes) is 1. The van der Waals surface area contributed by atoms with E-state index in [1.54, 1.807) is 6.92 Å². The highest BCUT2D eigenvalue weighted by Gasteiger charge is 2.19. The predicted octanol–water partition coefficient (Wildman–Crippen LogP) is 6.80. The molecular formula is C27H43N5OS. The Morgan fingerprint density at radius 1 is 1.24 bits per heavy atom. The van der Waals surface area contributed by atoms with E-state index in [4.69, 9.17) is 5.73 Å². The monoisotopic (exact) mass is 485 g/mol. The highest BCUT2D eigenvalue weighted by molar-refractivity contribution is 7.07. The maximum Gasteiger partial charge on any atom is 0.221 e. The lowest BCUT2D eigenvalue weighted by Crippen LogP contribution is -2.29. The second-order valence-electron chi connectivity index (χ2n) is 8.98. The first-order chi connectivity index (χ1) is 16.2. The fourth-order valence-electron chi connectivity index (χ4n) is 4.13. The summed E-state index contributed by atoms with van der Waals surface area (Å²) in [6, 6.07) is 6.18. The van der Waals surface area contributed by atoms with Gasteiger partial charge in [-0.05, 0) is 67.9 Å². The van der Waals surface area contributed by atoms with Crippen molar-refractivity contribution in [1.82, 2.24) is 4.37 Å². The Labute approximate surface area is 210 Å². The Kier molecular flexibility index (Phi) is 10.9. The average molecular weight is 486 g/mol. The molecule has 0 spiro atoms. The molecule has 2 aromatic rings. The Bertz CT molecular complexity index is 954. The number of nitrogens with two attached hydrogens (primary N) is 1. The zero-order chi connectivity index (χ0) is 25.3. The molecule has 0 aliphatic rings. The number of nitrogen functional groups attached to an aromatic ring is 1. The molecule has 2 rings (SSSR count). The van der Waals surface area contributed by atoms with Crippen molar-refractivity contribution >= 4 is 45.8 Å². The molecule has 0 radical (unpaired) electrons. The largest absolute Gasteiger partial charge is 0.396 e. The van der Waals surface area contributed by atoms with E-state index in [2.05, 4.69) is 66.3 Å². The Morgan fingerprint density at radius 3 is 2.53 bits per heavy atom. The van der Waals surface area contributed by atoms with Crippen molar-refractivity contribution in [2.24, 2.45) is 5.92 Å². The molecule has 2 atom stereocenters. The summed E-state index contributed by atoms with van der Waals surface area (Å²) >= 11 is 1.39. The smallest absolute Gasteiger partial charge is 0.221 e. The molecule has 0 bridgehead atoms. The van der Waals surface area contributed by atoms with E-state index >= 15 is 0 Å². The van der Waals surface area contributed by atoms with Crippen molar-refractivity contribution < 1.29 is 4.79 Å². The van der Waals surface area contributed by atoms with E-state index in [-0.39, 0.29) is 11.9 Å². The van der Waals surface area contributed by atoms with Crippen molar-refractivity contribution in [1.29, 1.82) is 0 Å². The lowest BCUT2D eigenvalue weighted by atomic mass is 9.98. The van der Waals surface area contributed by atoms with Crippen LogP contribution in [-0.2, 0) is 11.2 Å². The van der Waals surface area contributed by atoms with Crippen LogP contribution in [0.15, 0.2) is 24.8 Å². The second kappa shape index (κ2) is 13.4. The van der Waals surface area contributed by atoms with Crippen LogP contribution in [0.4, 0.5) is 22.7 Å². The van der Waals surface area contributed by atoms with Crippen LogP contribution in [0.5, 0.6) is 0 Å². The Morgan fingerprint density at radius 2 is 1.97 bits per heavy atom. The number of nitrogens with one attached hydrogen (secondary N) is 2. The van der Waals surface area contributed by atoms with Gasteiger partial charge in [0, 0.05) is 31.7 Å². The molecule has 0 aliphatic carbocycles. The molecule has 1 aromatic carbocycles. The van der Waals surface area contributed by atoms with Crippen molar-refractivity contribution in [2.75, 3.05) is 34.4 Å². The van der Waals surface area contributed by atoms with Crippen LogP contribution in [0.1, 0.15) is 77.8 Å².